The highest BCUT2D eigenvalue weighted by Gasteiger charge is 2.15. The number of halogens is 1. The van der Waals surface area contributed by atoms with E-state index in [0.29, 0.717) is 5.69 Å². The van der Waals surface area contributed by atoms with Gasteiger partial charge in [-0.3, -0.25) is 9.59 Å². The SMILES string of the molecule is Cc1cccc(C)c1NC(=O)C[NH+](C)CC(=O)Nc1cccc(F)c1. The van der Waals surface area contributed by atoms with E-state index in [1.165, 1.54) is 18.2 Å². The van der Waals surface area contributed by atoms with Crippen LogP contribution in [0.4, 0.5) is 15.8 Å². The molecule has 0 saturated carbocycles. The van der Waals surface area contributed by atoms with Crippen LogP contribution in [0.1, 0.15) is 11.1 Å². The fourth-order valence-electron chi connectivity index (χ4n) is 2.58. The Morgan fingerprint density at radius 1 is 0.960 bits per heavy atom. The van der Waals surface area contributed by atoms with Crippen molar-refractivity contribution in [1.82, 2.24) is 0 Å². The van der Waals surface area contributed by atoms with Crippen LogP contribution in [0.3, 0.4) is 0 Å². The summed E-state index contributed by atoms with van der Waals surface area (Å²) >= 11 is 0. The van der Waals surface area contributed by atoms with Crippen molar-refractivity contribution >= 4 is 23.2 Å². The van der Waals surface area contributed by atoms with Crippen molar-refractivity contribution in [1.29, 1.82) is 0 Å². The van der Waals surface area contributed by atoms with E-state index in [2.05, 4.69) is 10.6 Å². The van der Waals surface area contributed by atoms with Crippen molar-refractivity contribution < 1.29 is 18.9 Å². The van der Waals surface area contributed by atoms with Crippen molar-refractivity contribution in [3.8, 4) is 0 Å². The predicted molar refractivity (Wildman–Crippen MR) is 96.2 cm³/mol. The molecule has 6 heteroatoms. The van der Waals surface area contributed by atoms with Gasteiger partial charge in [-0.1, -0.05) is 24.3 Å². The van der Waals surface area contributed by atoms with Crippen LogP contribution in [-0.4, -0.2) is 32.0 Å². The lowest BCUT2D eigenvalue weighted by Crippen LogP contribution is -3.11. The van der Waals surface area contributed by atoms with Gasteiger partial charge in [0.2, 0.25) is 0 Å². The third-order valence-electron chi connectivity index (χ3n) is 3.78. The number of hydrogen-bond donors (Lipinski definition) is 3. The molecular weight excluding hydrogens is 321 g/mol. The quantitative estimate of drug-likeness (QED) is 0.744. The standard InChI is InChI=1S/C19H22FN3O2/c1-13-6-4-7-14(2)19(13)22-18(25)12-23(3)11-17(24)21-16-9-5-8-15(20)10-16/h4-10H,11-12H2,1-3H3,(H,21,24)(H,22,25)/p+1. The predicted octanol–water partition coefficient (Wildman–Crippen LogP) is 1.53. The third-order valence-corrected chi connectivity index (χ3v) is 3.78. The van der Waals surface area contributed by atoms with E-state index in [-0.39, 0.29) is 24.9 Å². The van der Waals surface area contributed by atoms with Crippen molar-refractivity contribution in [2.75, 3.05) is 30.8 Å². The average Bonchev–Trinajstić information content (AvgIpc) is 2.50. The van der Waals surface area contributed by atoms with Gasteiger partial charge in [0.05, 0.1) is 7.05 Å². The molecule has 0 aliphatic carbocycles. The molecule has 5 nitrogen and oxygen atoms in total. The lowest BCUT2D eigenvalue weighted by atomic mass is 10.1. The monoisotopic (exact) mass is 344 g/mol. The van der Waals surface area contributed by atoms with E-state index in [1.54, 1.807) is 13.1 Å². The largest absolute Gasteiger partial charge is 0.322 e. The Kier molecular flexibility index (Phi) is 6.25. The fourth-order valence-corrected chi connectivity index (χ4v) is 2.58. The first-order valence-electron chi connectivity index (χ1n) is 8.08. The maximum Gasteiger partial charge on any atom is 0.279 e. The van der Waals surface area contributed by atoms with Gasteiger partial charge in [0, 0.05) is 11.4 Å². The zero-order valence-corrected chi connectivity index (χ0v) is 14.7. The van der Waals surface area contributed by atoms with Crippen LogP contribution in [0.15, 0.2) is 42.5 Å². The zero-order chi connectivity index (χ0) is 18.4. The molecule has 0 radical (unpaired) electrons. The van der Waals surface area contributed by atoms with E-state index in [4.69, 9.17) is 0 Å². The van der Waals surface area contributed by atoms with Crippen LogP contribution in [0.25, 0.3) is 0 Å². The summed E-state index contributed by atoms with van der Waals surface area (Å²) in [6.07, 6.45) is 0. The number of benzene rings is 2. The van der Waals surface area contributed by atoms with E-state index in [1.807, 2.05) is 32.0 Å². The summed E-state index contributed by atoms with van der Waals surface area (Å²) in [5.41, 5.74) is 3.20. The van der Waals surface area contributed by atoms with Gasteiger partial charge >= 0.3 is 0 Å². The minimum atomic E-state index is -0.411. The molecule has 0 aliphatic rings. The number of carbonyl (C=O) groups excluding carboxylic acids is 2. The van der Waals surface area contributed by atoms with E-state index < -0.39 is 5.82 Å². The molecule has 25 heavy (non-hydrogen) atoms. The molecule has 0 aliphatic heterocycles. The third kappa shape index (κ3) is 5.69. The molecule has 0 heterocycles. The Morgan fingerprint density at radius 2 is 1.52 bits per heavy atom. The highest BCUT2D eigenvalue weighted by molar-refractivity contribution is 5.94. The molecule has 2 amide bonds. The topological polar surface area (TPSA) is 62.6 Å². The van der Waals surface area contributed by atoms with E-state index >= 15 is 0 Å². The molecule has 1 unspecified atom stereocenters. The van der Waals surface area contributed by atoms with Crippen LogP contribution >= 0.6 is 0 Å². The van der Waals surface area contributed by atoms with Crippen LogP contribution in [0.5, 0.6) is 0 Å². The summed E-state index contributed by atoms with van der Waals surface area (Å²) in [4.78, 5) is 24.9. The Bertz CT molecular complexity index is 757. The van der Waals surface area contributed by atoms with E-state index in [9.17, 15) is 14.0 Å². The Balaban J connectivity index is 1.86. The number of hydrogen-bond acceptors (Lipinski definition) is 2. The average molecular weight is 344 g/mol. The number of aryl methyl sites for hydroxylation is 2. The van der Waals surface area contributed by atoms with Gasteiger partial charge in [-0.05, 0) is 43.2 Å². The first-order valence-corrected chi connectivity index (χ1v) is 8.08. The van der Waals surface area contributed by atoms with Gasteiger partial charge in [0.1, 0.15) is 5.82 Å². The summed E-state index contributed by atoms with van der Waals surface area (Å²) in [7, 11) is 1.76. The molecule has 3 N–H and O–H groups in total. The number of quaternary nitrogens is 1. The summed E-state index contributed by atoms with van der Waals surface area (Å²) < 4.78 is 13.1. The number of carbonyl (C=O) groups is 2. The molecule has 132 valence electrons. The second kappa shape index (κ2) is 8.39. The number of anilines is 2. The maximum absolute atomic E-state index is 13.1. The van der Waals surface area contributed by atoms with Gasteiger partial charge in [0.25, 0.3) is 11.8 Å². The zero-order valence-electron chi connectivity index (χ0n) is 14.7. The maximum atomic E-state index is 13.1. The first kappa shape index (κ1) is 18.6. The first-order chi connectivity index (χ1) is 11.8. The van der Waals surface area contributed by atoms with Gasteiger partial charge in [-0.15, -0.1) is 0 Å². The van der Waals surface area contributed by atoms with Crippen LogP contribution in [0, 0.1) is 19.7 Å². The lowest BCUT2D eigenvalue weighted by Gasteiger charge is -2.15. The Hall–Kier alpha value is -2.73. The smallest absolute Gasteiger partial charge is 0.279 e. The molecule has 2 rings (SSSR count). The summed E-state index contributed by atoms with van der Waals surface area (Å²) in [6, 6.07) is 11.5. The second-order valence-electron chi connectivity index (χ2n) is 6.18. The normalized spacial score (nSPS) is 11.7. The number of rotatable bonds is 6. The highest BCUT2D eigenvalue weighted by Crippen LogP contribution is 2.18. The minimum absolute atomic E-state index is 0.108. The number of nitrogens with one attached hydrogen (secondary N) is 3. The summed E-state index contributed by atoms with van der Waals surface area (Å²) in [5, 5.41) is 5.52. The Labute approximate surface area is 146 Å². The molecule has 2 aromatic carbocycles. The molecule has 0 bridgehead atoms. The van der Waals surface area contributed by atoms with Gasteiger partial charge in [-0.25, -0.2) is 4.39 Å². The number of amides is 2. The van der Waals surface area contributed by atoms with Crippen molar-refractivity contribution in [3.63, 3.8) is 0 Å². The van der Waals surface area contributed by atoms with Crippen molar-refractivity contribution in [2.24, 2.45) is 0 Å². The highest BCUT2D eigenvalue weighted by atomic mass is 19.1. The van der Waals surface area contributed by atoms with Gasteiger partial charge in [-0.2, -0.15) is 0 Å². The number of likely N-dealkylation sites (N-methyl/N-ethyl adjacent to an activating group) is 1. The summed E-state index contributed by atoms with van der Waals surface area (Å²) in [6.45, 7) is 4.14. The molecule has 2 aromatic rings. The van der Waals surface area contributed by atoms with Crippen LogP contribution in [-0.2, 0) is 9.59 Å². The van der Waals surface area contributed by atoms with Crippen LogP contribution in [0.2, 0.25) is 0 Å². The second-order valence-corrected chi connectivity index (χ2v) is 6.18. The van der Waals surface area contributed by atoms with Crippen LogP contribution < -0.4 is 15.5 Å². The molecule has 0 spiro atoms. The summed E-state index contributed by atoms with van der Waals surface area (Å²) in [5.74, 6) is -0.845. The minimum Gasteiger partial charge on any atom is -0.322 e. The fraction of sp³-hybridized carbons (Fsp3) is 0.263. The Morgan fingerprint density at radius 3 is 2.12 bits per heavy atom. The number of para-hydroxylation sites is 1. The molecule has 1 atom stereocenters. The lowest BCUT2D eigenvalue weighted by molar-refractivity contribution is -0.862. The van der Waals surface area contributed by atoms with E-state index in [0.717, 1.165) is 21.7 Å². The molecule has 0 saturated heterocycles. The van der Waals surface area contributed by atoms with Gasteiger partial charge < -0.3 is 15.5 Å². The van der Waals surface area contributed by atoms with Crippen molar-refractivity contribution in [3.05, 3.63) is 59.4 Å². The molecular formula is C19H23FN3O2+. The molecule has 0 aromatic heterocycles. The molecule has 0 fully saturated rings. The van der Waals surface area contributed by atoms with Crippen molar-refractivity contribution in [2.45, 2.75) is 13.8 Å². The van der Waals surface area contributed by atoms with Gasteiger partial charge in [0.15, 0.2) is 13.1 Å².